The van der Waals surface area contributed by atoms with E-state index in [-0.39, 0.29) is 0 Å². The Morgan fingerprint density at radius 3 is 1.90 bits per heavy atom. The number of terminal acetylenes is 2. The maximum absolute atomic E-state index is 5.17. The molecule has 0 saturated heterocycles. The first-order valence-corrected chi connectivity index (χ1v) is 6.86. The Morgan fingerprint density at radius 1 is 1.10 bits per heavy atom. The van der Waals surface area contributed by atoms with Crippen molar-refractivity contribution >= 4 is 0 Å². The number of allylic oxidation sites excluding steroid dienone is 4. The lowest BCUT2D eigenvalue weighted by Crippen LogP contribution is -2.18. The number of nitrogens with one attached hydrogen (secondary N) is 1. The lowest BCUT2D eigenvalue weighted by molar-refractivity contribution is 0.823. The van der Waals surface area contributed by atoms with Gasteiger partial charge in [-0.15, -0.1) is 18.8 Å². The molecule has 1 nitrogen and oxygen atoms in total. The van der Waals surface area contributed by atoms with Crippen molar-refractivity contribution in [1.82, 2.24) is 5.32 Å². The smallest absolute Gasteiger partial charge is 0.0576 e. The molecule has 110 valence electrons. The predicted molar refractivity (Wildman–Crippen MR) is 94.4 cm³/mol. The highest BCUT2D eigenvalue weighted by atomic mass is 14.8. The van der Waals surface area contributed by atoms with Crippen LogP contribution in [-0.4, -0.2) is 13.1 Å². The third kappa shape index (κ3) is 16.0. The molecule has 0 fully saturated rings. The van der Waals surface area contributed by atoms with Gasteiger partial charge in [0, 0.05) is 6.54 Å². The van der Waals surface area contributed by atoms with Gasteiger partial charge in [0.05, 0.1) is 6.54 Å². The maximum atomic E-state index is 5.17. The molecule has 0 bridgehead atoms. The van der Waals surface area contributed by atoms with Crippen LogP contribution in [0.5, 0.6) is 0 Å². The highest BCUT2D eigenvalue weighted by molar-refractivity contribution is 5.36. The molecule has 0 atom stereocenters. The lowest BCUT2D eigenvalue weighted by atomic mass is 10.0. The van der Waals surface area contributed by atoms with Crippen LogP contribution in [0.3, 0.4) is 0 Å². The van der Waals surface area contributed by atoms with E-state index in [0.717, 1.165) is 13.0 Å². The summed E-state index contributed by atoms with van der Waals surface area (Å²) in [6.45, 7) is 16.5. The van der Waals surface area contributed by atoms with Crippen LogP contribution < -0.4 is 5.32 Å². The van der Waals surface area contributed by atoms with Gasteiger partial charge in [-0.3, -0.25) is 0 Å². The molecule has 0 aromatic carbocycles. The molecule has 0 aromatic heterocycles. The molecule has 0 saturated carbocycles. The van der Waals surface area contributed by atoms with E-state index in [2.05, 4.69) is 43.7 Å². The first-order valence-electron chi connectivity index (χ1n) is 6.86. The zero-order chi connectivity index (χ0) is 16.2. The number of hydrogen-bond acceptors (Lipinski definition) is 1. The average Bonchev–Trinajstić information content (AvgIpc) is 2.47. The molecule has 1 N–H and O–H groups in total. The Labute approximate surface area is 126 Å². The van der Waals surface area contributed by atoms with Crippen LogP contribution in [0.15, 0.2) is 48.6 Å². The lowest BCUT2D eigenvalue weighted by Gasteiger charge is -2.09. The Bertz CT molecular complexity index is 370. The van der Waals surface area contributed by atoms with Gasteiger partial charge in [-0.25, -0.2) is 0 Å². The normalized spacial score (nSPS) is 9.70. The molecule has 0 unspecified atom stereocenters. The fourth-order valence-corrected chi connectivity index (χ4v) is 1.29. The highest BCUT2D eigenvalue weighted by Crippen LogP contribution is 2.13. The van der Waals surface area contributed by atoms with Gasteiger partial charge in [-0.05, 0) is 24.5 Å². The molecule has 0 aliphatic rings. The second-order valence-corrected chi connectivity index (χ2v) is 3.31. The fourth-order valence-electron chi connectivity index (χ4n) is 1.29. The van der Waals surface area contributed by atoms with Gasteiger partial charge in [0.2, 0.25) is 0 Å². The molecule has 0 amide bonds. The summed E-state index contributed by atoms with van der Waals surface area (Å²) in [6, 6.07) is 0. The molecule has 0 spiro atoms. The van der Waals surface area contributed by atoms with Gasteiger partial charge < -0.3 is 5.32 Å². The number of hydrogen-bond donors (Lipinski definition) is 1. The van der Waals surface area contributed by atoms with Crippen molar-refractivity contribution in [2.75, 3.05) is 13.1 Å². The SMILES string of the molecule is C#CC.C#CCNCC(=C/C=C)/C(=C\C=C)CC.CC. The van der Waals surface area contributed by atoms with E-state index >= 15 is 0 Å². The zero-order valence-electron chi connectivity index (χ0n) is 13.5. The minimum Gasteiger partial charge on any atom is -0.302 e. The van der Waals surface area contributed by atoms with E-state index in [9.17, 15) is 0 Å². The van der Waals surface area contributed by atoms with E-state index in [0.29, 0.717) is 6.54 Å². The topological polar surface area (TPSA) is 12.0 Å². The Morgan fingerprint density at radius 2 is 1.55 bits per heavy atom. The molecule has 1 heteroatoms. The molecule has 0 aliphatic carbocycles. The molecule has 0 heterocycles. The van der Waals surface area contributed by atoms with Crippen LogP contribution in [0, 0.1) is 24.7 Å². The van der Waals surface area contributed by atoms with Crippen molar-refractivity contribution in [2.24, 2.45) is 0 Å². The first-order chi connectivity index (χ1) is 9.71. The largest absolute Gasteiger partial charge is 0.302 e. The third-order valence-electron chi connectivity index (χ3n) is 1.97. The van der Waals surface area contributed by atoms with Gasteiger partial charge in [0.1, 0.15) is 0 Å². The molecular formula is C19H29N. The van der Waals surface area contributed by atoms with Crippen LogP contribution >= 0.6 is 0 Å². The summed E-state index contributed by atoms with van der Waals surface area (Å²) >= 11 is 0. The standard InChI is InChI=1S/C14H19N.C3H4.C2H6/c1-5-9-13(8-4)14(10-6-2)12-15-11-7-3;1-3-2;1-2/h3,5-6,9-10,15H,1-2,8,11-12H2,4H3;1H,2H3;1-2H3/b13-9-,14-10-;;. The Kier molecular flexibility index (Phi) is 25.8. The molecular weight excluding hydrogens is 242 g/mol. The van der Waals surface area contributed by atoms with Gasteiger partial charge in [-0.1, -0.05) is 64.2 Å². The van der Waals surface area contributed by atoms with Crippen LogP contribution in [0.1, 0.15) is 34.1 Å². The van der Waals surface area contributed by atoms with Crippen molar-refractivity contribution in [3.63, 3.8) is 0 Å². The van der Waals surface area contributed by atoms with Gasteiger partial charge in [-0.2, -0.15) is 0 Å². The molecule has 0 aromatic rings. The summed E-state index contributed by atoms with van der Waals surface area (Å²) in [6.07, 6.45) is 18.4. The van der Waals surface area contributed by atoms with Gasteiger partial charge in [0.15, 0.2) is 0 Å². The van der Waals surface area contributed by atoms with Crippen molar-refractivity contribution in [3.05, 3.63) is 48.6 Å². The zero-order valence-corrected chi connectivity index (χ0v) is 13.5. The quantitative estimate of drug-likeness (QED) is 0.408. The van der Waals surface area contributed by atoms with E-state index < -0.39 is 0 Å². The molecule has 20 heavy (non-hydrogen) atoms. The van der Waals surface area contributed by atoms with E-state index in [4.69, 9.17) is 6.42 Å². The van der Waals surface area contributed by atoms with Gasteiger partial charge >= 0.3 is 0 Å². The minimum absolute atomic E-state index is 0.583. The van der Waals surface area contributed by atoms with Crippen molar-refractivity contribution in [2.45, 2.75) is 34.1 Å². The minimum atomic E-state index is 0.583. The van der Waals surface area contributed by atoms with Crippen molar-refractivity contribution < 1.29 is 0 Å². The van der Waals surface area contributed by atoms with Crippen LogP contribution in [-0.2, 0) is 0 Å². The monoisotopic (exact) mass is 271 g/mol. The average molecular weight is 271 g/mol. The summed E-state index contributed by atoms with van der Waals surface area (Å²) in [5.41, 5.74) is 2.47. The summed E-state index contributed by atoms with van der Waals surface area (Å²) in [5, 5.41) is 3.17. The summed E-state index contributed by atoms with van der Waals surface area (Å²) in [4.78, 5) is 0. The van der Waals surface area contributed by atoms with Crippen LogP contribution in [0.2, 0.25) is 0 Å². The maximum Gasteiger partial charge on any atom is 0.0576 e. The summed E-state index contributed by atoms with van der Waals surface area (Å²) in [7, 11) is 0. The molecule has 0 radical (unpaired) electrons. The van der Waals surface area contributed by atoms with Gasteiger partial charge in [0.25, 0.3) is 0 Å². The second-order valence-electron chi connectivity index (χ2n) is 3.31. The Balaban J connectivity index is -0.000000505. The predicted octanol–water partition coefficient (Wildman–Crippen LogP) is 4.51. The first kappa shape index (κ1) is 23.2. The molecule has 0 aliphatic heterocycles. The van der Waals surface area contributed by atoms with Crippen molar-refractivity contribution in [3.8, 4) is 24.7 Å². The van der Waals surface area contributed by atoms with E-state index in [1.54, 1.807) is 19.1 Å². The number of rotatable bonds is 7. The van der Waals surface area contributed by atoms with Crippen molar-refractivity contribution in [1.29, 1.82) is 0 Å². The second kappa shape index (κ2) is 22.2. The van der Waals surface area contributed by atoms with Crippen LogP contribution in [0.25, 0.3) is 0 Å². The van der Waals surface area contributed by atoms with E-state index in [1.165, 1.54) is 11.1 Å². The Hall–Kier alpha value is -1.96. The summed E-state index contributed by atoms with van der Waals surface area (Å²) in [5.74, 6) is 4.80. The fraction of sp³-hybridized carbons (Fsp3) is 0.368. The van der Waals surface area contributed by atoms with Crippen LogP contribution in [0.4, 0.5) is 0 Å². The third-order valence-corrected chi connectivity index (χ3v) is 1.97. The molecule has 0 rings (SSSR count). The summed E-state index contributed by atoms with van der Waals surface area (Å²) < 4.78 is 0. The van der Waals surface area contributed by atoms with E-state index in [1.807, 2.05) is 26.0 Å². The highest BCUT2D eigenvalue weighted by Gasteiger charge is 2.00.